The summed E-state index contributed by atoms with van der Waals surface area (Å²) in [6, 6.07) is 10.9. The molecule has 0 unspecified atom stereocenters. The van der Waals surface area contributed by atoms with Gasteiger partial charge in [0.15, 0.2) is 5.76 Å². The number of aromatic amines is 1. The molecule has 0 spiro atoms. The van der Waals surface area contributed by atoms with Crippen LogP contribution in [0.5, 0.6) is 0 Å². The van der Waals surface area contributed by atoms with Crippen LogP contribution in [-0.4, -0.2) is 51.5 Å². The van der Waals surface area contributed by atoms with E-state index in [2.05, 4.69) is 20.4 Å². The number of H-pyrrole nitrogens is 1. The third-order valence-electron chi connectivity index (χ3n) is 6.92. The maximum Gasteiger partial charge on any atom is 0.256 e. The van der Waals surface area contributed by atoms with Crippen molar-refractivity contribution in [3.8, 4) is 17.4 Å². The van der Waals surface area contributed by atoms with E-state index in [0.29, 0.717) is 42.9 Å². The number of amides is 1. The number of fused-ring (bicyclic) bond motifs is 1. The monoisotopic (exact) mass is 534 g/mol. The van der Waals surface area contributed by atoms with Crippen LogP contribution in [0.2, 0.25) is 0 Å². The maximum atomic E-state index is 13.2. The summed E-state index contributed by atoms with van der Waals surface area (Å²) in [5.41, 5.74) is 1.89. The van der Waals surface area contributed by atoms with Crippen molar-refractivity contribution in [1.82, 2.24) is 24.1 Å². The van der Waals surface area contributed by atoms with Crippen molar-refractivity contribution in [2.75, 3.05) is 18.4 Å². The number of hydrogen-bond acceptors (Lipinski definition) is 7. The molecule has 1 aliphatic heterocycles. The normalized spacial score (nSPS) is 15.9. The minimum atomic E-state index is -3.60. The number of anilines is 1. The standard InChI is InChI=1S/C26H26N6O5S/c33-24(17-9-11-18(12-10-17)38(35,36)31-13-2-1-3-14-31)28-23-16-21(22-8-5-15-37-22)30-32(23)26-27-20-7-4-6-19(20)25(34)29-26/h5,8-12,15-16H,1-4,6-7,13-14H2,(H,28,33)(H,27,29,34). The first kappa shape index (κ1) is 24.3. The van der Waals surface area contributed by atoms with Gasteiger partial charge in [-0.25, -0.2) is 13.4 Å². The Hall–Kier alpha value is -4.03. The van der Waals surface area contributed by atoms with Gasteiger partial charge >= 0.3 is 0 Å². The smallest absolute Gasteiger partial charge is 0.256 e. The number of hydrogen-bond donors (Lipinski definition) is 2. The molecule has 196 valence electrons. The van der Waals surface area contributed by atoms with Gasteiger partial charge in [0, 0.05) is 30.3 Å². The number of sulfonamides is 1. The fourth-order valence-corrected chi connectivity index (χ4v) is 6.44. The Labute approximate surface area is 218 Å². The molecule has 1 amide bonds. The summed E-state index contributed by atoms with van der Waals surface area (Å²) < 4.78 is 34.2. The van der Waals surface area contributed by atoms with Crippen LogP contribution in [0.15, 0.2) is 62.8 Å². The number of furan rings is 1. The van der Waals surface area contributed by atoms with Crippen molar-refractivity contribution in [3.63, 3.8) is 0 Å². The molecule has 3 aromatic heterocycles. The van der Waals surface area contributed by atoms with Gasteiger partial charge in [-0.3, -0.25) is 14.6 Å². The summed E-state index contributed by atoms with van der Waals surface area (Å²) in [6.45, 7) is 1.01. The molecular formula is C26H26N6O5S. The van der Waals surface area contributed by atoms with Gasteiger partial charge in [-0.05, 0) is 68.5 Å². The van der Waals surface area contributed by atoms with E-state index < -0.39 is 15.9 Å². The summed E-state index contributed by atoms with van der Waals surface area (Å²) >= 11 is 0. The molecule has 38 heavy (non-hydrogen) atoms. The van der Waals surface area contributed by atoms with Gasteiger partial charge in [-0.15, -0.1) is 0 Å². The zero-order chi connectivity index (χ0) is 26.3. The van der Waals surface area contributed by atoms with Crippen LogP contribution in [0.4, 0.5) is 5.82 Å². The van der Waals surface area contributed by atoms with E-state index in [1.165, 1.54) is 39.5 Å². The third-order valence-corrected chi connectivity index (χ3v) is 8.84. The summed E-state index contributed by atoms with van der Waals surface area (Å²) in [5, 5.41) is 7.34. The molecule has 2 aliphatic rings. The van der Waals surface area contributed by atoms with Crippen LogP contribution >= 0.6 is 0 Å². The molecule has 0 saturated carbocycles. The van der Waals surface area contributed by atoms with E-state index in [1.807, 2.05) is 0 Å². The fourth-order valence-electron chi connectivity index (χ4n) is 4.93. The number of nitrogens with zero attached hydrogens (tertiary/aromatic N) is 4. The van der Waals surface area contributed by atoms with Crippen LogP contribution in [0.1, 0.15) is 47.3 Å². The first-order chi connectivity index (χ1) is 18.4. The third kappa shape index (κ3) is 4.45. The highest BCUT2D eigenvalue weighted by Crippen LogP contribution is 2.26. The van der Waals surface area contributed by atoms with Crippen molar-refractivity contribution in [2.45, 2.75) is 43.4 Å². The van der Waals surface area contributed by atoms with Crippen molar-refractivity contribution < 1.29 is 17.6 Å². The first-order valence-corrected chi connectivity index (χ1v) is 14.0. The van der Waals surface area contributed by atoms with Gasteiger partial charge < -0.3 is 9.73 Å². The highest BCUT2D eigenvalue weighted by molar-refractivity contribution is 7.89. The topological polar surface area (TPSA) is 143 Å². The lowest BCUT2D eigenvalue weighted by Crippen LogP contribution is -2.35. The lowest BCUT2D eigenvalue weighted by atomic mass is 10.2. The molecule has 6 rings (SSSR count). The molecule has 4 heterocycles. The van der Waals surface area contributed by atoms with Crippen molar-refractivity contribution in [1.29, 1.82) is 0 Å². The lowest BCUT2D eigenvalue weighted by Gasteiger charge is -2.25. The van der Waals surface area contributed by atoms with Crippen molar-refractivity contribution in [2.24, 2.45) is 0 Å². The van der Waals surface area contributed by atoms with Gasteiger partial charge in [0.25, 0.3) is 11.5 Å². The number of carbonyl (C=O) groups is 1. The Kier molecular flexibility index (Phi) is 6.20. The summed E-state index contributed by atoms with van der Waals surface area (Å²) in [4.78, 5) is 33.3. The quantitative estimate of drug-likeness (QED) is 0.387. The Balaban J connectivity index is 1.30. The van der Waals surface area contributed by atoms with E-state index in [0.717, 1.165) is 31.4 Å². The van der Waals surface area contributed by atoms with Gasteiger partial charge in [-0.1, -0.05) is 6.42 Å². The van der Waals surface area contributed by atoms with Crippen LogP contribution in [0.3, 0.4) is 0 Å². The Morgan fingerprint density at radius 2 is 1.82 bits per heavy atom. The number of carbonyl (C=O) groups excluding carboxylic acids is 1. The predicted octanol–water partition coefficient (Wildman–Crippen LogP) is 3.13. The lowest BCUT2D eigenvalue weighted by molar-refractivity contribution is 0.102. The highest BCUT2D eigenvalue weighted by atomic mass is 32.2. The second-order valence-electron chi connectivity index (χ2n) is 9.42. The van der Waals surface area contributed by atoms with Crippen LogP contribution in [-0.2, 0) is 22.9 Å². The highest BCUT2D eigenvalue weighted by Gasteiger charge is 2.26. The van der Waals surface area contributed by atoms with Crippen LogP contribution in [0.25, 0.3) is 17.4 Å². The first-order valence-electron chi connectivity index (χ1n) is 12.6. The average molecular weight is 535 g/mol. The molecular weight excluding hydrogens is 508 g/mol. The number of aryl methyl sites for hydroxylation is 1. The van der Waals surface area contributed by atoms with Gasteiger partial charge in [0.1, 0.15) is 11.5 Å². The number of piperidine rings is 1. The molecule has 1 fully saturated rings. The van der Waals surface area contributed by atoms with E-state index in [-0.39, 0.29) is 27.8 Å². The summed E-state index contributed by atoms with van der Waals surface area (Å²) in [6.07, 6.45) is 6.47. The second-order valence-corrected chi connectivity index (χ2v) is 11.4. The van der Waals surface area contributed by atoms with Crippen LogP contribution < -0.4 is 10.9 Å². The largest absolute Gasteiger partial charge is 0.463 e. The average Bonchev–Trinajstić information content (AvgIpc) is 3.70. The molecule has 1 aliphatic carbocycles. The Morgan fingerprint density at radius 1 is 1.03 bits per heavy atom. The van der Waals surface area contributed by atoms with Crippen LogP contribution in [0, 0.1) is 0 Å². The molecule has 2 N–H and O–H groups in total. The van der Waals surface area contributed by atoms with Gasteiger partial charge in [0.05, 0.1) is 16.9 Å². The second kappa shape index (κ2) is 9.69. The number of rotatable bonds is 6. The fraction of sp³-hybridized carbons (Fsp3) is 0.308. The number of nitrogens with one attached hydrogen (secondary N) is 2. The predicted molar refractivity (Wildman–Crippen MR) is 139 cm³/mol. The van der Waals surface area contributed by atoms with E-state index in [4.69, 9.17) is 4.42 Å². The Bertz CT molecular complexity index is 1650. The van der Waals surface area contributed by atoms with E-state index >= 15 is 0 Å². The van der Waals surface area contributed by atoms with Gasteiger partial charge in [0.2, 0.25) is 16.0 Å². The molecule has 4 aromatic rings. The zero-order valence-corrected chi connectivity index (χ0v) is 21.3. The van der Waals surface area contributed by atoms with Crippen molar-refractivity contribution >= 4 is 21.7 Å². The minimum Gasteiger partial charge on any atom is -0.463 e. The number of aromatic nitrogens is 4. The zero-order valence-electron chi connectivity index (χ0n) is 20.5. The number of benzene rings is 1. The molecule has 0 atom stereocenters. The molecule has 1 aromatic carbocycles. The van der Waals surface area contributed by atoms with E-state index in [1.54, 1.807) is 18.2 Å². The summed E-state index contributed by atoms with van der Waals surface area (Å²) in [7, 11) is -3.60. The summed E-state index contributed by atoms with van der Waals surface area (Å²) in [5.74, 6) is 0.469. The maximum absolute atomic E-state index is 13.2. The molecule has 11 nitrogen and oxygen atoms in total. The van der Waals surface area contributed by atoms with Gasteiger partial charge in [-0.2, -0.15) is 14.1 Å². The SMILES string of the molecule is O=C(Nc1cc(-c2ccco2)nn1-c1nc2c(c(=O)[nH]1)CCC2)c1ccc(S(=O)(=O)N2CCCCC2)cc1. The molecule has 1 saturated heterocycles. The molecule has 0 radical (unpaired) electrons. The molecule has 0 bridgehead atoms. The van der Waals surface area contributed by atoms with E-state index in [9.17, 15) is 18.0 Å². The van der Waals surface area contributed by atoms with Crippen molar-refractivity contribution in [3.05, 3.63) is 75.9 Å². The Morgan fingerprint density at radius 3 is 2.55 bits per heavy atom. The minimum absolute atomic E-state index is 0.154. The molecule has 12 heteroatoms.